The number of fused-ring (bicyclic) bond motifs is 2. The van der Waals surface area contributed by atoms with Gasteiger partial charge in [0.1, 0.15) is 11.6 Å². The first-order valence-corrected chi connectivity index (χ1v) is 15.0. The molecule has 0 bridgehead atoms. The fourth-order valence-electron chi connectivity index (χ4n) is 7.25. The fourth-order valence-corrected chi connectivity index (χ4v) is 7.62. The molecule has 3 saturated heterocycles. The number of likely N-dealkylation sites (tertiary alicyclic amines) is 1. The molecule has 3 fully saturated rings. The zero-order valence-electron chi connectivity index (χ0n) is 23.3. The van der Waals surface area contributed by atoms with Gasteiger partial charge in [0.25, 0.3) is 0 Å². The Hall–Kier alpha value is -2.00. The lowest BCUT2D eigenvalue weighted by atomic mass is 9.58. The summed E-state index contributed by atoms with van der Waals surface area (Å²) in [6.07, 6.45) is 5.01. The van der Waals surface area contributed by atoms with E-state index in [0.717, 1.165) is 26.1 Å². The van der Waals surface area contributed by atoms with E-state index in [1.54, 1.807) is 12.1 Å². The highest BCUT2D eigenvalue weighted by atomic mass is 35.5. The van der Waals surface area contributed by atoms with Crippen LogP contribution >= 0.6 is 23.2 Å². The Balaban J connectivity index is 1.55. The van der Waals surface area contributed by atoms with Crippen LogP contribution in [0.2, 0.25) is 5.02 Å². The van der Waals surface area contributed by atoms with E-state index in [9.17, 15) is 9.59 Å². The molecular formula is C30H38Cl2F2N4O2. The van der Waals surface area contributed by atoms with E-state index in [1.165, 1.54) is 25.0 Å². The standard InChI is InChI=1S/C30H38Cl2F2N4O2/c1-29(2,3)16-23-30(18-14-21(33)20(32)15-22(18)36-28(30)40)24(17-8-6-9-19(31)25(17)34)26(37-23)27(39)35-10-7-13-38-11-4-5-12-38/h6,8-9,15,18,23-24,26,37H,4-5,7,10-14,16H2,1-3H3,(H,35,39)(H,36,40)/t18?,23-,24+,26-,30+/m1/s1. The molecule has 218 valence electrons. The monoisotopic (exact) mass is 594 g/mol. The quantitative estimate of drug-likeness (QED) is 0.370. The minimum Gasteiger partial charge on any atom is -0.355 e. The molecule has 1 spiro atoms. The average molecular weight is 596 g/mol. The van der Waals surface area contributed by atoms with E-state index >= 15 is 8.78 Å². The molecule has 4 aliphatic rings. The van der Waals surface area contributed by atoms with Crippen LogP contribution in [0.25, 0.3) is 0 Å². The molecule has 10 heteroatoms. The Morgan fingerprint density at radius 1 is 1.20 bits per heavy atom. The third-order valence-electron chi connectivity index (χ3n) is 8.90. The lowest BCUT2D eigenvalue weighted by Crippen LogP contribution is -2.50. The number of rotatable bonds is 7. The summed E-state index contributed by atoms with van der Waals surface area (Å²) in [6, 6.07) is 3.18. The minimum absolute atomic E-state index is 0.0558. The van der Waals surface area contributed by atoms with Crippen molar-refractivity contribution in [1.29, 1.82) is 0 Å². The molecule has 1 aromatic rings. The van der Waals surface area contributed by atoms with Gasteiger partial charge in [-0.3, -0.25) is 9.59 Å². The lowest BCUT2D eigenvalue weighted by molar-refractivity contribution is -0.131. The van der Waals surface area contributed by atoms with Crippen molar-refractivity contribution >= 4 is 35.0 Å². The van der Waals surface area contributed by atoms with Gasteiger partial charge in [-0.05, 0) is 68.4 Å². The number of allylic oxidation sites excluding steroid dienone is 4. The Kier molecular flexibility index (Phi) is 8.37. The number of amides is 2. The summed E-state index contributed by atoms with van der Waals surface area (Å²) in [4.78, 5) is 30.4. The number of halogens is 4. The van der Waals surface area contributed by atoms with Crippen molar-refractivity contribution < 1.29 is 18.4 Å². The van der Waals surface area contributed by atoms with Crippen molar-refractivity contribution in [2.45, 2.75) is 70.9 Å². The van der Waals surface area contributed by atoms with Crippen LogP contribution in [-0.4, -0.2) is 55.0 Å². The second kappa shape index (κ2) is 11.3. The zero-order chi connectivity index (χ0) is 28.8. The van der Waals surface area contributed by atoms with E-state index < -0.39 is 41.0 Å². The van der Waals surface area contributed by atoms with Gasteiger partial charge in [0.2, 0.25) is 11.8 Å². The predicted molar refractivity (Wildman–Crippen MR) is 153 cm³/mol. The van der Waals surface area contributed by atoms with Crippen LogP contribution in [0.3, 0.4) is 0 Å². The van der Waals surface area contributed by atoms with Crippen molar-refractivity contribution in [2.75, 3.05) is 26.2 Å². The predicted octanol–water partition coefficient (Wildman–Crippen LogP) is 5.38. The molecule has 6 nitrogen and oxygen atoms in total. The number of carbonyl (C=O) groups is 2. The maximum atomic E-state index is 15.8. The molecule has 3 N–H and O–H groups in total. The highest BCUT2D eigenvalue weighted by molar-refractivity contribution is 6.31. The number of benzene rings is 1. The summed E-state index contributed by atoms with van der Waals surface area (Å²) in [5.41, 5.74) is -0.935. The fraction of sp³-hybridized carbons (Fsp3) is 0.600. The molecule has 40 heavy (non-hydrogen) atoms. The summed E-state index contributed by atoms with van der Waals surface area (Å²) in [6.45, 7) is 9.65. The van der Waals surface area contributed by atoms with Crippen molar-refractivity contribution in [3.05, 3.63) is 57.2 Å². The van der Waals surface area contributed by atoms with Crippen LogP contribution in [0.5, 0.6) is 0 Å². The first-order valence-electron chi connectivity index (χ1n) is 14.2. The Morgan fingerprint density at radius 2 is 1.93 bits per heavy atom. The third kappa shape index (κ3) is 5.33. The van der Waals surface area contributed by atoms with Crippen LogP contribution in [0.15, 0.2) is 40.8 Å². The molecule has 1 aromatic carbocycles. The molecule has 3 heterocycles. The SMILES string of the molecule is CC(C)(C)C[C@H]1N[C@@H](C(=O)NCCCN2CCCC2)[C@H](c2cccc(Cl)c2F)[C@@]12C(=O)NC1=CC(Cl)=C(F)CC12. The first-order chi connectivity index (χ1) is 18.9. The maximum absolute atomic E-state index is 15.8. The van der Waals surface area contributed by atoms with Gasteiger partial charge in [-0.1, -0.05) is 56.1 Å². The molecule has 3 aliphatic heterocycles. The van der Waals surface area contributed by atoms with E-state index in [4.69, 9.17) is 23.2 Å². The highest BCUT2D eigenvalue weighted by Crippen LogP contribution is 2.61. The van der Waals surface area contributed by atoms with Crippen molar-refractivity contribution in [3.8, 4) is 0 Å². The maximum Gasteiger partial charge on any atom is 0.237 e. The average Bonchev–Trinajstić information content (AvgIpc) is 3.57. The van der Waals surface area contributed by atoms with E-state index in [1.807, 2.05) is 20.8 Å². The van der Waals surface area contributed by atoms with Crippen LogP contribution in [0.1, 0.15) is 64.4 Å². The second-order valence-electron chi connectivity index (χ2n) is 12.8. The lowest BCUT2D eigenvalue weighted by Gasteiger charge is -2.41. The zero-order valence-corrected chi connectivity index (χ0v) is 24.8. The van der Waals surface area contributed by atoms with Crippen LogP contribution in [-0.2, 0) is 9.59 Å². The number of nitrogens with zero attached hydrogens (tertiary/aromatic N) is 1. The van der Waals surface area contributed by atoms with Gasteiger partial charge < -0.3 is 20.9 Å². The molecular weight excluding hydrogens is 557 g/mol. The number of carbonyl (C=O) groups excluding carboxylic acids is 2. The number of nitrogens with one attached hydrogen (secondary N) is 3. The normalized spacial score (nSPS) is 30.6. The van der Waals surface area contributed by atoms with Crippen molar-refractivity contribution in [2.24, 2.45) is 16.7 Å². The van der Waals surface area contributed by atoms with Crippen LogP contribution in [0.4, 0.5) is 8.78 Å². The smallest absolute Gasteiger partial charge is 0.237 e. The van der Waals surface area contributed by atoms with Crippen molar-refractivity contribution in [3.63, 3.8) is 0 Å². The van der Waals surface area contributed by atoms with Crippen LogP contribution < -0.4 is 16.0 Å². The molecule has 1 unspecified atom stereocenters. The summed E-state index contributed by atoms with van der Waals surface area (Å²) in [5.74, 6) is -3.46. The molecule has 2 amide bonds. The second-order valence-corrected chi connectivity index (χ2v) is 13.6. The molecule has 0 radical (unpaired) electrons. The Labute approximate surface area is 244 Å². The van der Waals surface area contributed by atoms with Gasteiger partial charge in [0, 0.05) is 36.5 Å². The van der Waals surface area contributed by atoms with Crippen molar-refractivity contribution in [1.82, 2.24) is 20.9 Å². The van der Waals surface area contributed by atoms with Gasteiger partial charge in [0.05, 0.1) is 21.5 Å². The third-order valence-corrected chi connectivity index (χ3v) is 9.50. The van der Waals surface area contributed by atoms with Gasteiger partial charge >= 0.3 is 0 Å². The van der Waals surface area contributed by atoms with Gasteiger partial charge in [-0.2, -0.15) is 0 Å². The summed E-state index contributed by atoms with van der Waals surface area (Å²) in [7, 11) is 0. The van der Waals surface area contributed by atoms with Gasteiger partial charge in [-0.15, -0.1) is 0 Å². The van der Waals surface area contributed by atoms with Gasteiger partial charge in [-0.25, -0.2) is 8.78 Å². The van der Waals surface area contributed by atoms with E-state index in [2.05, 4.69) is 20.9 Å². The first kappa shape index (κ1) is 29.5. The molecule has 0 aromatic heterocycles. The topological polar surface area (TPSA) is 73.5 Å². The molecule has 1 aliphatic carbocycles. The van der Waals surface area contributed by atoms with E-state index in [-0.39, 0.29) is 39.3 Å². The highest BCUT2D eigenvalue weighted by Gasteiger charge is 2.69. The summed E-state index contributed by atoms with van der Waals surface area (Å²) < 4.78 is 30.9. The largest absolute Gasteiger partial charge is 0.355 e. The minimum atomic E-state index is -1.35. The number of hydrogen-bond donors (Lipinski definition) is 3. The Bertz CT molecular complexity index is 1240. The molecule has 5 rings (SSSR count). The number of hydrogen-bond acceptors (Lipinski definition) is 4. The Morgan fingerprint density at radius 3 is 2.62 bits per heavy atom. The molecule has 0 saturated carbocycles. The summed E-state index contributed by atoms with van der Waals surface area (Å²) in [5, 5.41) is 9.28. The van der Waals surface area contributed by atoms with E-state index in [0.29, 0.717) is 18.7 Å². The van der Waals surface area contributed by atoms with Crippen LogP contribution in [0, 0.1) is 22.6 Å². The van der Waals surface area contributed by atoms with Gasteiger partial charge in [0.15, 0.2) is 0 Å². The summed E-state index contributed by atoms with van der Waals surface area (Å²) >= 11 is 12.4. The molecule has 5 atom stereocenters.